The maximum atomic E-state index is 13.5. The highest BCUT2D eigenvalue weighted by Gasteiger charge is 2.63. The number of carbonyl (C=O) groups is 3. The largest absolute Gasteiger partial charge is 0.481 e. The molecule has 1 saturated heterocycles. The van der Waals surface area contributed by atoms with E-state index in [1.54, 1.807) is 16.8 Å². The lowest BCUT2D eigenvalue weighted by Crippen LogP contribution is -2.60. The van der Waals surface area contributed by atoms with Gasteiger partial charge in [0.05, 0.1) is 17.9 Å². The molecule has 6 heteroatoms. The van der Waals surface area contributed by atoms with Crippen LogP contribution in [-0.4, -0.2) is 59.4 Å². The summed E-state index contributed by atoms with van der Waals surface area (Å²) in [5, 5.41) is 9.12. The Morgan fingerprint density at radius 2 is 1.57 bits per heavy atom. The SMILES string of the molecule is CN(CC(=O)N1CCC(C(=O)O)CC1)C(=O)C12CC3CC(C)(CC(C)(C3)C1)C2. The molecular formula is C22H34N2O4. The smallest absolute Gasteiger partial charge is 0.306 e. The lowest BCUT2D eigenvalue weighted by atomic mass is 9.40. The number of aliphatic carboxylic acids is 1. The fourth-order valence-corrected chi connectivity index (χ4v) is 7.84. The number of amides is 2. The van der Waals surface area contributed by atoms with E-state index < -0.39 is 5.97 Å². The highest BCUT2D eigenvalue weighted by atomic mass is 16.4. The number of carboxylic acid groups (broad SMARTS) is 1. The van der Waals surface area contributed by atoms with Crippen molar-refractivity contribution < 1.29 is 19.5 Å². The normalized spacial score (nSPS) is 39.8. The Labute approximate surface area is 167 Å². The van der Waals surface area contributed by atoms with Crippen molar-refractivity contribution >= 4 is 17.8 Å². The Morgan fingerprint density at radius 3 is 2.07 bits per heavy atom. The molecule has 4 aliphatic carbocycles. The van der Waals surface area contributed by atoms with Crippen molar-refractivity contribution in [2.45, 2.75) is 65.2 Å². The molecule has 1 N–H and O–H groups in total. The van der Waals surface area contributed by atoms with Crippen LogP contribution in [0.3, 0.4) is 0 Å². The summed E-state index contributed by atoms with van der Waals surface area (Å²) in [6.45, 7) is 5.77. The maximum absolute atomic E-state index is 13.5. The second-order valence-electron chi connectivity index (χ2n) is 11.1. The topological polar surface area (TPSA) is 77.9 Å². The van der Waals surface area contributed by atoms with E-state index in [-0.39, 0.29) is 40.5 Å². The van der Waals surface area contributed by atoms with Gasteiger partial charge < -0.3 is 14.9 Å². The van der Waals surface area contributed by atoms with Gasteiger partial charge in [0.1, 0.15) is 0 Å². The number of likely N-dealkylation sites (tertiary alicyclic amines) is 1. The summed E-state index contributed by atoms with van der Waals surface area (Å²) in [7, 11) is 1.77. The van der Waals surface area contributed by atoms with Gasteiger partial charge in [0.25, 0.3) is 0 Å². The first kappa shape index (κ1) is 19.7. The molecule has 4 bridgehead atoms. The number of rotatable bonds is 4. The number of hydrogen-bond donors (Lipinski definition) is 1. The van der Waals surface area contributed by atoms with Gasteiger partial charge in [0.2, 0.25) is 11.8 Å². The zero-order valence-corrected chi connectivity index (χ0v) is 17.5. The van der Waals surface area contributed by atoms with E-state index in [1.807, 2.05) is 0 Å². The molecule has 6 nitrogen and oxygen atoms in total. The number of nitrogens with zero attached hydrogens (tertiary/aromatic N) is 2. The van der Waals surface area contributed by atoms with Crippen LogP contribution in [0.15, 0.2) is 0 Å². The quantitative estimate of drug-likeness (QED) is 0.801. The molecule has 2 amide bonds. The molecular weight excluding hydrogens is 356 g/mol. The average molecular weight is 391 g/mol. The molecule has 5 aliphatic rings. The molecule has 5 fully saturated rings. The van der Waals surface area contributed by atoms with E-state index in [2.05, 4.69) is 13.8 Å². The van der Waals surface area contributed by atoms with Crippen molar-refractivity contribution in [1.29, 1.82) is 0 Å². The number of carboxylic acids is 1. The van der Waals surface area contributed by atoms with E-state index in [4.69, 9.17) is 5.11 Å². The Kier molecular flexibility index (Phi) is 4.55. The van der Waals surface area contributed by atoms with Crippen molar-refractivity contribution in [3.63, 3.8) is 0 Å². The Hall–Kier alpha value is -1.59. The first-order chi connectivity index (χ1) is 13.0. The van der Waals surface area contributed by atoms with Crippen molar-refractivity contribution in [2.24, 2.45) is 28.1 Å². The molecule has 0 aromatic carbocycles. The third-order valence-electron chi connectivity index (χ3n) is 8.00. The third kappa shape index (κ3) is 3.33. The molecule has 1 heterocycles. The van der Waals surface area contributed by atoms with E-state index in [1.165, 1.54) is 19.3 Å². The van der Waals surface area contributed by atoms with Gasteiger partial charge in [0.15, 0.2) is 0 Å². The second-order valence-corrected chi connectivity index (χ2v) is 11.1. The zero-order chi connectivity index (χ0) is 20.3. The molecule has 2 atom stereocenters. The van der Waals surface area contributed by atoms with Gasteiger partial charge in [-0.1, -0.05) is 13.8 Å². The summed E-state index contributed by atoms with van der Waals surface area (Å²) in [6, 6.07) is 0. The van der Waals surface area contributed by atoms with E-state index in [0.29, 0.717) is 31.8 Å². The van der Waals surface area contributed by atoms with Crippen molar-refractivity contribution in [3.05, 3.63) is 0 Å². The van der Waals surface area contributed by atoms with Gasteiger partial charge in [-0.15, -0.1) is 0 Å². The van der Waals surface area contributed by atoms with Gasteiger partial charge in [-0.3, -0.25) is 14.4 Å². The molecule has 0 spiro atoms. The Bertz CT molecular complexity index is 679. The van der Waals surface area contributed by atoms with E-state index >= 15 is 0 Å². The first-order valence-electron chi connectivity index (χ1n) is 10.8. The molecule has 156 valence electrons. The van der Waals surface area contributed by atoms with Crippen LogP contribution in [0.1, 0.15) is 65.2 Å². The molecule has 0 aromatic rings. The summed E-state index contributed by atoms with van der Waals surface area (Å²) in [4.78, 5) is 40.7. The van der Waals surface area contributed by atoms with Crippen LogP contribution in [-0.2, 0) is 14.4 Å². The summed E-state index contributed by atoms with van der Waals surface area (Å²) in [5.74, 6) is -0.376. The number of carbonyl (C=O) groups excluding carboxylic acids is 2. The molecule has 0 radical (unpaired) electrons. The summed E-state index contributed by atoms with van der Waals surface area (Å²) >= 11 is 0. The number of piperidine rings is 1. The van der Waals surface area contributed by atoms with Crippen LogP contribution in [0.4, 0.5) is 0 Å². The van der Waals surface area contributed by atoms with Crippen molar-refractivity contribution in [3.8, 4) is 0 Å². The fourth-order valence-electron chi connectivity index (χ4n) is 7.84. The van der Waals surface area contributed by atoms with Crippen molar-refractivity contribution in [2.75, 3.05) is 26.7 Å². The standard InChI is InChI=1S/C22H34N2O4/c1-20-8-15-9-21(2,12-20)14-22(10-15,13-20)19(28)23(3)11-17(25)24-6-4-16(5-7-24)18(26)27/h15-16H,4-14H2,1-3H3,(H,26,27). The second kappa shape index (κ2) is 6.46. The van der Waals surface area contributed by atoms with Crippen LogP contribution in [0, 0.1) is 28.1 Å². The zero-order valence-electron chi connectivity index (χ0n) is 17.5. The van der Waals surface area contributed by atoms with Gasteiger partial charge in [-0.2, -0.15) is 0 Å². The third-order valence-corrected chi connectivity index (χ3v) is 8.00. The highest BCUT2D eigenvalue weighted by Crippen LogP contribution is 2.69. The Balaban J connectivity index is 1.40. The van der Waals surface area contributed by atoms with Gasteiger partial charge >= 0.3 is 5.97 Å². The minimum atomic E-state index is -0.775. The van der Waals surface area contributed by atoms with Crippen molar-refractivity contribution in [1.82, 2.24) is 9.80 Å². The van der Waals surface area contributed by atoms with Gasteiger partial charge in [0, 0.05) is 20.1 Å². The molecule has 0 aromatic heterocycles. The van der Waals surface area contributed by atoms with Crippen LogP contribution < -0.4 is 0 Å². The maximum Gasteiger partial charge on any atom is 0.306 e. The first-order valence-corrected chi connectivity index (χ1v) is 10.8. The van der Waals surface area contributed by atoms with Crippen LogP contribution in [0.25, 0.3) is 0 Å². The average Bonchev–Trinajstić information content (AvgIpc) is 2.57. The molecule has 5 rings (SSSR count). The lowest BCUT2D eigenvalue weighted by Gasteiger charge is -2.65. The minimum absolute atomic E-state index is 0.0539. The predicted octanol–water partition coefficient (Wildman–Crippen LogP) is 2.76. The molecule has 1 aliphatic heterocycles. The van der Waals surface area contributed by atoms with Crippen LogP contribution in [0.5, 0.6) is 0 Å². The number of hydrogen-bond acceptors (Lipinski definition) is 3. The summed E-state index contributed by atoms with van der Waals surface area (Å²) in [5.41, 5.74) is 0.259. The summed E-state index contributed by atoms with van der Waals surface area (Å²) in [6.07, 6.45) is 7.65. The fraction of sp³-hybridized carbons (Fsp3) is 0.864. The highest BCUT2D eigenvalue weighted by molar-refractivity contribution is 5.88. The van der Waals surface area contributed by atoms with E-state index in [0.717, 1.165) is 19.3 Å². The van der Waals surface area contributed by atoms with Crippen LogP contribution >= 0.6 is 0 Å². The van der Waals surface area contributed by atoms with E-state index in [9.17, 15) is 14.4 Å². The Morgan fingerprint density at radius 1 is 1.00 bits per heavy atom. The van der Waals surface area contributed by atoms with Gasteiger partial charge in [-0.05, 0) is 68.1 Å². The predicted molar refractivity (Wildman–Crippen MR) is 104 cm³/mol. The van der Waals surface area contributed by atoms with Crippen LogP contribution in [0.2, 0.25) is 0 Å². The van der Waals surface area contributed by atoms with Gasteiger partial charge in [-0.25, -0.2) is 0 Å². The number of likely N-dealkylation sites (N-methyl/N-ethyl adjacent to an activating group) is 1. The molecule has 2 unspecified atom stereocenters. The monoisotopic (exact) mass is 390 g/mol. The minimum Gasteiger partial charge on any atom is -0.481 e. The lowest BCUT2D eigenvalue weighted by molar-refractivity contribution is -0.179. The summed E-state index contributed by atoms with van der Waals surface area (Å²) < 4.78 is 0. The molecule has 4 saturated carbocycles. The molecule has 28 heavy (non-hydrogen) atoms.